The van der Waals surface area contributed by atoms with Gasteiger partial charge in [-0.25, -0.2) is 8.78 Å². The number of hydrogen-bond acceptors (Lipinski definition) is 2. The fourth-order valence-corrected chi connectivity index (χ4v) is 2.34. The summed E-state index contributed by atoms with van der Waals surface area (Å²) >= 11 is 17.7. The number of halogens is 5. The molecule has 0 heterocycles. The lowest BCUT2D eigenvalue weighted by Crippen LogP contribution is -1.98. The lowest BCUT2D eigenvalue weighted by Gasteiger charge is -2.13. The lowest BCUT2D eigenvalue weighted by molar-refractivity contribution is 0.586. The zero-order valence-electron chi connectivity index (χ0n) is 9.28. The zero-order chi connectivity index (χ0) is 14.2. The van der Waals surface area contributed by atoms with E-state index in [-0.39, 0.29) is 26.4 Å². The highest BCUT2D eigenvalue weighted by Gasteiger charge is 2.14. The first kappa shape index (κ1) is 14.2. The minimum Gasteiger partial charge on any atom is -0.399 e. The Morgan fingerprint density at radius 2 is 1.37 bits per heavy atom. The smallest absolute Gasteiger partial charge is 0.151 e. The predicted octanol–water partition coefficient (Wildman–Crippen LogP) is 5.25. The first-order valence-electron chi connectivity index (χ1n) is 5.04. The van der Waals surface area contributed by atoms with Crippen molar-refractivity contribution < 1.29 is 8.78 Å². The second-order valence-corrected chi connectivity index (χ2v) is 4.95. The van der Waals surface area contributed by atoms with Gasteiger partial charge in [0.05, 0.1) is 26.4 Å². The molecular formula is C12H7Cl3F2N2. The van der Waals surface area contributed by atoms with Crippen molar-refractivity contribution in [3.05, 3.63) is 51.0 Å². The van der Waals surface area contributed by atoms with Crippen LogP contribution in [-0.4, -0.2) is 0 Å². The van der Waals surface area contributed by atoms with Gasteiger partial charge in [0, 0.05) is 11.8 Å². The molecule has 2 rings (SSSR count). The van der Waals surface area contributed by atoms with Crippen LogP contribution in [0.3, 0.4) is 0 Å². The van der Waals surface area contributed by atoms with E-state index in [2.05, 4.69) is 5.32 Å². The first-order chi connectivity index (χ1) is 8.88. The van der Waals surface area contributed by atoms with E-state index in [1.165, 1.54) is 12.1 Å². The molecule has 0 aliphatic heterocycles. The molecule has 7 heteroatoms. The van der Waals surface area contributed by atoms with E-state index in [4.69, 9.17) is 40.5 Å². The van der Waals surface area contributed by atoms with E-state index in [0.29, 0.717) is 11.8 Å². The highest BCUT2D eigenvalue weighted by molar-refractivity contribution is 6.40. The highest BCUT2D eigenvalue weighted by Crippen LogP contribution is 2.37. The summed E-state index contributed by atoms with van der Waals surface area (Å²) in [6, 6.07) is 4.58. The molecule has 0 aromatic heterocycles. The van der Waals surface area contributed by atoms with Crippen molar-refractivity contribution in [1.29, 1.82) is 0 Å². The van der Waals surface area contributed by atoms with Crippen molar-refractivity contribution in [2.75, 3.05) is 11.1 Å². The molecule has 0 saturated carbocycles. The average Bonchev–Trinajstić information content (AvgIpc) is 2.25. The van der Waals surface area contributed by atoms with Crippen LogP contribution in [0.15, 0.2) is 24.3 Å². The molecule has 0 bridgehead atoms. The number of rotatable bonds is 2. The Balaban J connectivity index is 2.48. The molecule has 19 heavy (non-hydrogen) atoms. The first-order valence-corrected chi connectivity index (χ1v) is 6.18. The molecule has 2 aromatic rings. The van der Waals surface area contributed by atoms with Gasteiger partial charge in [-0.3, -0.25) is 0 Å². The summed E-state index contributed by atoms with van der Waals surface area (Å²) in [5.74, 6) is -1.63. The summed E-state index contributed by atoms with van der Waals surface area (Å²) < 4.78 is 26.6. The lowest BCUT2D eigenvalue weighted by atomic mass is 10.2. The Kier molecular flexibility index (Phi) is 4.04. The Labute approximate surface area is 123 Å². The van der Waals surface area contributed by atoms with E-state index < -0.39 is 11.6 Å². The molecule has 2 nitrogen and oxygen atoms in total. The molecule has 0 radical (unpaired) electrons. The highest BCUT2D eigenvalue weighted by atomic mass is 35.5. The second-order valence-electron chi connectivity index (χ2n) is 3.73. The Hall–Kier alpha value is -1.23. The number of hydrogen-bond donors (Lipinski definition) is 2. The standard InChI is InChI=1S/C12H7Cl3F2N2/c13-7-1-5(16)2-10(17)12(7)19-11-8(14)3-6(18)4-9(11)15/h1-4,19H,18H2. The van der Waals surface area contributed by atoms with Crippen molar-refractivity contribution in [2.24, 2.45) is 0 Å². The Morgan fingerprint density at radius 1 is 0.842 bits per heavy atom. The van der Waals surface area contributed by atoms with Gasteiger partial charge < -0.3 is 11.1 Å². The molecular weight excluding hydrogens is 317 g/mol. The van der Waals surface area contributed by atoms with Gasteiger partial charge in [-0.05, 0) is 18.2 Å². The van der Waals surface area contributed by atoms with Crippen LogP contribution < -0.4 is 11.1 Å². The van der Waals surface area contributed by atoms with Crippen LogP contribution in [0.5, 0.6) is 0 Å². The number of anilines is 3. The molecule has 2 aromatic carbocycles. The maximum Gasteiger partial charge on any atom is 0.151 e. The van der Waals surface area contributed by atoms with Crippen LogP contribution in [0.4, 0.5) is 25.8 Å². The molecule has 0 aliphatic carbocycles. The molecule has 0 atom stereocenters. The molecule has 3 N–H and O–H groups in total. The third-order valence-corrected chi connectivity index (χ3v) is 3.22. The number of nitrogens with two attached hydrogens (primary N) is 1. The molecule has 0 spiro atoms. The molecule has 0 fully saturated rings. The van der Waals surface area contributed by atoms with E-state index in [1.807, 2.05) is 0 Å². The van der Waals surface area contributed by atoms with Gasteiger partial charge in [0.25, 0.3) is 0 Å². The summed E-state index contributed by atoms with van der Waals surface area (Å²) in [6.07, 6.45) is 0. The van der Waals surface area contributed by atoms with Gasteiger partial charge in [-0.1, -0.05) is 34.8 Å². The maximum atomic E-state index is 13.6. The maximum absolute atomic E-state index is 13.6. The van der Waals surface area contributed by atoms with Gasteiger partial charge in [-0.15, -0.1) is 0 Å². The third kappa shape index (κ3) is 3.03. The van der Waals surface area contributed by atoms with Crippen LogP contribution in [0.2, 0.25) is 15.1 Å². The van der Waals surface area contributed by atoms with Crippen LogP contribution >= 0.6 is 34.8 Å². The van der Waals surface area contributed by atoms with Crippen molar-refractivity contribution in [3.8, 4) is 0 Å². The normalized spacial score (nSPS) is 10.6. The van der Waals surface area contributed by atoms with Crippen LogP contribution in [0, 0.1) is 11.6 Å². The summed E-state index contributed by atoms with van der Waals surface area (Å²) in [6.45, 7) is 0. The summed E-state index contributed by atoms with van der Waals surface area (Å²) in [7, 11) is 0. The topological polar surface area (TPSA) is 38.0 Å². The Morgan fingerprint density at radius 3 is 1.89 bits per heavy atom. The van der Waals surface area contributed by atoms with Crippen molar-refractivity contribution in [3.63, 3.8) is 0 Å². The molecule has 100 valence electrons. The molecule has 0 aliphatic rings. The average molecular weight is 324 g/mol. The van der Waals surface area contributed by atoms with Gasteiger partial charge in [0.1, 0.15) is 5.82 Å². The quantitative estimate of drug-likeness (QED) is 0.741. The number of nitrogen functional groups attached to an aromatic ring is 1. The fourth-order valence-electron chi connectivity index (χ4n) is 1.50. The zero-order valence-corrected chi connectivity index (χ0v) is 11.5. The summed E-state index contributed by atoms with van der Waals surface area (Å²) in [5.41, 5.74) is 6.05. The minimum atomic E-state index is -0.853. The third-order valence-electron chi connectivity index (χ3n) is 2.32. The number of nitrogens with one attached hydrogen (secondary N) is 1. The second kappa shape index (κ2) is 5.41. The van der Waals surface area contributed by atoms with Crippen LogP contribution in [-0.2, 0) is 0 Å². The largest absolute Gasteiger partial charge is 0.399 e. The summed E-state index contributed by atoms with van der Waals surface area (Å²) in [4.78, 5) is 0. The Bertz CT molecular complexity index is 545. The van der Waals surface area contributed by atoms with Crippen LogP contribution in [0.1, 0.15) is 0 Å². The van der Waals surface area contributed by atoms with Gasteiger partial charge in [0.2, 0.25) is 0 Å². The predicted molar refractivity (Wildman–Crippen MR) is 75.5 cm³/mol. The van der Waals surface area contributed by atoms with E-state index in [9.17, 15) is 8.78 Å². The van der Waals surface area contributed by atoms with Crippen molar-refractivity contribution >= 4 is 51.9 Å². The van der Waals surface area contributed by atoms with E-state index >= 15 is 0 Å². The number of benzene rings is 2. The van der Waals surface area contributed by atoms with Crippen molar-refractivity contribution in [1.82, 2.24) is 0 Å². The van der Waals surface area contributed by atoms with Crippen LogP contribution in [0.25, 0.3) is 0 Å². The minimum absolute atomic E-state index is 0.114. The SMILES string of the molecule is Nc1cc(Cl)c(Nc2c(F)cc(F)cc2Cl)c(Cl)c1. The molecule has 0 unspecified atom stereocenters. The van der Waals surface area contributed by atoms with E-state index in [1.54, 1.807) is 0 Å². The van der Waals surface area contributed by atoms with Gasteiger partial charge in [0.15, 0.2) is 5.82 Å². The molecule has 0 amide bonds. The van der Waals surface area contributed by atoms with Crippen molar-refractivity contribution in [2.45, 2.75) is 0 Å². The molecule has 0 saturated heterocycles. The van der Waals surface area contributed by atoms with Gasteiger partial charge >= 0.3 is 0 Å². The van der Waals surface area contributed by atoms with Gasteiger partial charge in [-0.2, -0.15) is 0 Å². The fraction of sp³-hybridized carbons (Fsp3) is 0. The summed E-state index contributed by atoms with van der Waals surface area (Å²) in [5, 5.41) is 2.91. The van der Waals surface area contributed by atoms with E-state index in [0.717, 1.165) is 6.07 Å². The monoisotopic (exact) mass is 322 g/mol.